The van der Waals surface area contributed by atoms with E-state index >= 15 is 0 Å². The van der Waals surface area contributed by atoms with Gasteiger partial charge >= 0.3 is 0 Å². The number of benzene rings is 2. The smallest absolute Gasteiger partial charge is 0.174 e. The number of hydrogen-bond donors (Lipinski definition) is 1. The predicted octanol–water partition coefficient (Wildman–Crippen LogP) is 7.59. The Labute approximate surface area is 221 Å². The average Bonchev–Trinajstić information content (AvgIpc) is 3.32. The number of nitrogens with zero attached hydrogens (tertiary/aromatic N) is 3. The molecule has 1 N–H and O–H groups in total. The zero-order valence-electron chi connectivity index (χ0n) is 20.0. The largest absolute Gasteiger partial charge is 0.351 e. The van der Waals surface area contributed by atoms with Gasteiger partial charge in [-0.15, -0.1) is 0 Å². The molecule has 0 amide bonds. The molecule has 4 nitrogen and oxygen atoms in total. The second-order valence-electron chi connectivity index (χ2n) is 9.02. The molecule has 2 aromatic carbocycles. The molecule has 0 radical (unpaired) electrons. The number of pyridine rings is 1. The third-order valence-corrected chi connectivity index (χ3v) is 7.66. The lowest BCUT2D eigenvalue weighted by molar-refractivity contribution is 0.565. The Morgan fingerprint density at radius 3 is 2.40 bits per heavy atom. The zero-order chi connectivity index (χ0) is 24.9. The van der Waals surface area contributed by atoms with E-state index in [9.17, 15) is 0 Å². The fraction of sp³-hybridized carbons (Fsp3) is 0.214. The molecule has 1 aliphatic rings. The van der Waals surface area contributed by atoms with Crippen LogP contribution in [-0.2, 0) is 0 Å². The maximum Gasteiger partial charge on any atom is 0.174 e. The molecule has 0 unspecified atom stereocenters. The highest BCUT2D eigenvalue weighted by molar-refractivity contribution is 7.80. The van der Waals surface area contributed by atoms with Gasteiger partial charge in [-0.2, -0.15) is 0 Å². The molecular weight excluding hydrogens is 495 g/mol. The Bertz CT molecular complexity index is 1430. The number of nitrogens with one attached hydrogen (secondary N) is 1. The summed E-state index contributed by atoms with van der Waals surface area (Å²) in [6, 6.07) is 20.1. The number of hydrogen-bond acceptors (Lipinski definition) is 2. The summed E-state index contributed by atoms with van der Waals surface area (Å²) in [5.74, 6) is 0. The van der Waals surface area contributed by atoms with Crippen molar-refractivity contribution in [3.63, 3.8) is 0 Å². The normalized spacial score (nSPS) is 17.7. The lowest BCUT2D eigenvalue weighted by atomic mass is 9.96. The van der Waals surface area contributed by atoms with Crippen molar-refractivity contribution < 1.29 is 0 Å². The van der Waals surface area contributed by atoms with Gasteiger partial charge in [0.15, 0.2) is 5.11 Å². The van der Waals surface area contributed by atoms with Gasteiger partial charge < -0.3 is 14.8 Å². The van der Waals surface area contributed by atoms with E-state index in [1.807, 2.05) is 36.5 Å². The van der Waals surface area contributed by atoms with Gasteiger partial charge in [0.25, 0.3) is 0 Å². The summed E-state index contributed by atoms with van der Waals surface area (Å²) in [6.07, 6.45) is 1.83. The van der Waals surface area contributed by atoms with Gasteiger partial charge in [-0.05, 0) is 105 Å². The summed E-state index contributed by atoms with van der Waals surface area (Å²) in [5, 5.41) is 5.46. The fourth-order valence-corrected chi connectivity index (χ4v) is 5.78. The zero-order valence-corrected chi connectivity index (χ0v) is 22.3. The van der Waals surface area contributed by atoms with Gasteiger partial charge in [-0.3, -0.25) is 4.98 Å². The van der Waals surface area contributed by atoms with Crippen molar-refractivity contribution in [1.29, 1.82) is 0 Å². The van der Waals surface area contributed by atoms with E-state index in [1.54, 1.807) is 6.07 Å². The standard InChI is InChI=1S/C28H26Cl2N4S/c1-16-8-10-21(13-17(16)2)34-27(26(32-28(34)35)24-7-5-6-12-31-24)22-14-18(3)33(19(22)4)25-11-9-20(29)15-23(25)30/h5-15,26-27H,1-4H3,(H,32,35)/t26-,27+/m0/s1. The fourth-order valence-electron chi connectivity index (χ4n) is 4.94. The minimum Gasteiger partial charge on any atom is -0.351 e. The Kier molecular flexibility index (Phi) is 6.34. The summed E-state index contributed by atoms with van der Waals surface area (Å²) in [7, 11) is 0. The van der Waals surface area contributed by atoms with Crippen LogP contribution in [0.1, 0.15) is 45.9 Å². The molecule has 0 saturated carbocycles. The van der Waals surface area contributed by atoms with Gasteiger partial charge in [-0.1, -0.05) is 35.3 Å². The van der Waals surface area contributed by atoms with Crippen LogP contribution in [0.15, 0.2) is 66.9 Å². The first-order valence-electron chi connectivity index (χ1n) is 11.5. The lowest BCUT2D eigenvalue weighted by Crippen LogP contribution is -2.29. The molecule has 7 heteroatoms. The van der Waals surface area contributed by atoms with Crippen LogP contribution >= 0.6 is 35.4 Å². The van der Waals surface area contributed by atoms with Crippen molar-refractivity contribution in [1.82, 2.24) is 14.9 Å². The minimum absolute atomic E-state index is 0.0921. The van der Waals surface area contributed by atoms with Gasteiger partial charge in [0.1, 0.15) is 0 Å². The molecule has 178 valence electrons. The Morgan fingerprint density at radius 2 is 1.71 bits per heavy atom. The Balaban J connectivity index is 1.70. The first-order valence-corrected chi connectivity index (χ1v) is 12.6. The van der Waals surface area contributed by atoms with Gasteiger partial charge in [0.2, 0.25) is 0 Å². The molecule has 35 heavy (non-hydrogen) atoms. The number of aryl methyl sites for hydroxylation is 3. The molecule has 3 heterocycles. The summed E-state index contributed by atoms with van der Waals surface area (Å²) in [5.41, 5.74) is 8.72. The molecule has 5 rings (SSSR count). The number of rotatable bonds is 4. The summed E-state index contributed by atoms with van der Waals surface area (Å²) in [4.78, 5) is 6.90. The topological polar surface area (TPSA) is 33.1 Å². The van der Waals surface area contributed by atoms with Crippen molar-refractivity contribution in [2.45, 2.75) is 39.8 Å². The molecular formula is C28H26Cl2N4S. The van der Waals surface area contributed by atoms with Crippen LogP contribution in [0, 0.1) is 27.7 Å². The molecule has 1 fully saturated rings. The molecule has 0 bridgehead atoms. The Morgan fingerprint density at radius 1 is 0.914 bits per heavy atom. The number of aromatic nitrogens is 2. The number of halogens is 2. The molecule has 2 atom stereocenters. The highest BCUT2D eigenvalue weighted by Gasteiger charge is 2.42. The monoisotopic (exact) mass is 520 g/mol. The van der Waals surface area contributed by atoms with Crippen LogP contribution in [0.25, 0.3) is 5.69 Å². The SMILES string of the molecule is Cc1ccc(N2C(=S)N[C@@H](c3ccccn3)[C@H]2c2cc(C)n(-c3ccc(Cl)cc3Cl)c2C)cc1C. The second kappa shape index (κ2) is 9.30. The highest BCUT2D eigenvalue weighted by atomic mass is 35.5. The quantitative estimate of drug-likeness (QED) is 0.281. The van der Waals surface area contributed by atoms with Crippen molar-refractivity contribution >= 4 is 46.2 Å². The first kappa shape index (κ1) is 23.9. The maximum absolute atomic E-state index is 6.62. The van der Waals surface area contributed by atoms with E-state index in [4.69, 9.17) is 35.4 Å². The van der Waals surface area contributed by atoms with E-state index in [-0.39, 0.29) is 12.1 Å². The van der Waals surface area contributed by atoms with Crippen molar-refractivity contribution in [3.05, 3.63) is 111 Å². The summed E-state index contributed by atoms with van der Waals surface area (Å²) in [6.45, 7) is 8.48. The van der Waals surface area contributed by atoms with E-state index in [0.29, 0.717) is 15.2 Å². The van der Waals surface area contributed by atoms with E-state index in [1.165, 1.54) is 11.1 Å². The lowest BCUT2D eigenvalue weighted by Gasteiger charge is -2.28. The van der Waals surface area contributed by atoms with Crippen LogP contribution in [-0.4, -0.2) is 14.7 Å². The van der Waals surface area contributed by atoms with E-state index < -0.39 is 0 Å². The van der Waals surface area contributed by atoms with E-state index in [2.05, 4.69) is 71.7 Å². The van der Waals surface area contributed by atoms with Gasteiger partial charge in [-0.25, -0.2) is 0 Å². The van der Waals surface area contributed by atoms with E-state index in [0.717, 1.165) is 34.0 Å². The van der Waals surface area contributed by atoms with Gasteiger partial charge in [0.05, 0.1) is 28.5 Å². The molecule has 4 aromatic rings. The predicted molar refractivity (Wildman–Crippen MR) is 149 cm³/mol. The van der Waals surface area contributed by atoms with Crippen LogP contribution in [0.3, 0.4) is 0 Å². The Hall–Kier alpha value is -2.86. The average molecular weight is 522 g/mol. The van der Waals surface area contributed by atoms with Crippen LogP contribution in [0.5, 0.6) is 0 Å². The van der Waals surface area contributed by atoms with Gasteiger partial charge in [0, 0.05) is 28.3 Å². The van der Waals surface area contributed by atoms with Crippen molar-refractivity contribution in [2.75, 3.05) is 4.90 Å². The van der Waals surface area contributed by atoms with Crippen molar-refractivity contribution in [2.24, 2.45) is 0 Å². The van der Waals surface area contributed by atoms with Crippen molar-refractivity contribution in [3.8, 4) is 5.69 Å². The summed E-state index contributed by atoms with van der Waals surface area (Å²) < 4.78 is 2.18. The number of thiocarbonyl (C=S) groups is 1. The third-order valence-electron chi connectivity index (χ3n) is 6.81. The second-order valence-corrected chi connectivity index (χ2v) is 10.3. The minimum atomic E-state index is -0.111. The molecule has 1 saturated heterocycles. The van der Waals surface area contributed by atoms with Crippen LogP contribution in [0.2, 0.25) is 10.0 Å². The molecule has 2 aromatic heterocycles. The molecule has 0 aliphatic carbocycles. The number of anilines is 1. The highest BCUT2D eigenvalue weighted by Crippen LogP contribution is 2.44. The van der Waals surface area contributed by atoms with Crippen LogP contribution in [0.4, 0.5) is 5.69 Å². The molecule has 1 aliphatic heterocycles. The maximum atomic E-state index is 6.62. The summed E-state index contributed by atoms with van der Waals surface area (Å²) >= 11 is 18.7. The molecule has 0 spiro atoms. The third kappa shape index (κ3) is 4.22. The van der Waals surface area contributed by atoms with Crippen LogP contribution < -0.4 is 10.2 Å². The first-order chi connectivity index (χ1) is 16.8.